The fourth-order valence-corrected chi connectivity index (χ4v) is 3.33. The van der Waals surface area contributed by atoms with E-state index in [9.17, 15) is 35.3 Å². The summed E-state index contributed by atoms with van der Waals surface area (Å²) in [5.41, 5.74) is -3.79. The molecule has 0 aromatic carbocycles. The topological polar surface area (TPSA) is 60.9 Å². The van der Waals surface area contributed by atoms with Crippen LogP contribution in [0.1, 0.15) is 49.5 Å². The van der Waals surface area contributed by atoms with Gasteiger partial charge in [0.2, 0.25) is 0 Å². The molecule has 0 bridgehead atoms. The third-order valence-electron chi connectivity index (χ3n) is 3.68. The largest absolute Gasteiger partial charge is 0.598 e. The molecule has 0 aliphatic heterocycles. The van der Waals surface area contributed by atoms with E-state index in [1.54, 1.807) is 20.8 Å². The maximum Gasteiger partial charge on any atom is 0.436 e. The third-order valence-corrected chi connectivity index (χ3v) is 5.53. The highest BCUT2D eigenvalue weighted by atomic mass is 35.5. The summed E-state index contributed by atoms with van der Waals surface area (Å²) in [5.74, 6) is -1.63. The molecule has 2 atom stereocenters. The van der Waals surface area contributed by atoms with Crippen LogP contribution in [0.15, 0.2) is 24.4 Å². The molecule has 2 aromatic rings. The molecule has 166 valence electrons. The number of nitrogens with one attached hydrogen (secondary N) is 1. The highest BCUT2D eigenvalue weighted by Gasteiger charge is 2.39. The van der Waals surface area contributed by atoms with Gasteiger partial charge < -0.3 is 4.55 Å². The average molecular weight is 478 g/mol. The first kappa shape index (κ1) is 24.6. The van der Waals surface area contributed by atoms with Gasteiger partial charge in [0.25, 0.3) is 0 Å². The van der Waals surface area contributed by atoms with Gasteiger partial charge in [-0.1, -0.05) is 11.6 Å². The Morgan fingerprint density at radius 2 is 1.60 bits per heavy atom. The second kappa shape index (κ2) is 8.48. The molecule has 0 radical (unpaired) electrons. The lowest BCUT2D eigenvalue weighted by Crippen LogP contribution is -2.42. The van der Waals surface area contributed by atoms with Crippen LogP contribution in [0.4, 0.5) is 30.7 Å². The van der Waals surface area contributed by atoms with E-state index in [1.807, 2.05) is 0 Å². The monoisotopic (exact) mass is 477 g/mol. The lowest BCUT2D eigenvalue weighted by molar-refractivity contribution is -0.144. The maximum absolute atomic E-state index is 13.6. The molecule has 13 heteroatoms. The Bertz CT molecular complexity index is 916. The fraction of sp³-hybridized carbons (Fsp3) is 0.412. The Morgan fingerprint density at radius 3 is 2.07 bits per heavy atom. The van der Waals surface area contributed by atoms with E-state index in [4.69, 9.17) is 11.6 Å². The third kappa shape index (κ3) is 5.74. The number of hydrogen-bond donors (Lipinski definition) is 1. The van der Waals surface area contributed by atoms with Crippen molar-refractivity contribution in [3.05, 3.63) is 57.9 Å². The molecule has 4 nitrogen and oxygen atoms in total. The van der Waals surface area contributed by atoms with Gasteiger partial charge in [-0.2, -0.15) is 26.3 Å². The molecule has 1 unspecified atom stereocenters. The molecule has 1 N–H and O–H groups in total. The van der Waals surface area contributed by atoms with E-state index >= 15 is 0 Å². The van der Waals surface area contributed by atoms with Gasteiger partial charge in [0.1, 0.15) is 10.8 Å². The van der Waals surface area contributed by atoms with E-state index in [0.717, 1.165) is 18.3 Å². The molecule has 2 rings (SSSR count). The molecule has 30 heavy (non-hydrogen) atoms. The van der Waals surface area contributed by atoms with Gasteiger partial charge in [-0.3, -0.25) is 0 Å². The van der Waals surface area contributed by atoms with Crippen LogP contribution in [-0.4, -0.2) is 19.3 Å². The standard InChI is InChI=1S/C17H15ClF7N3OS/c1-15(2,3)30(29)28-12(8-6-9(18)13(26-7-8)16(20,21)22)11-5-4-10(19)14(27-11)17(23,24)25/h4-7,12,28H,1-3H3/t12?,30-/m1/s1. The van der Waals surface area contributed by atoms with E-state index in [2.05, 4.69) is 14.7 Å². The number of halogens is 8. The van der Waals surface area contributed by atoms with Crippen LogP contribution in [0.3, 0.4) is 0 Å². The molecule has 0 aliphatic carbocycles. The summed E-state index contributed by atoms with van der Waals surface area (Å²) in [7, 11) is 0. The zero-order chi connectivity index (χ0) is 23.1. The molecule has 0 saturated carbocycles. The van der Waals surface area contributed by atoms with Gasteiger partial charge in [0.15, 0.2) is 17.2 Å². The molecular formula is C17H15ClF7N3OS. The lowest BCUT2D eigenvalue weighted by atomic mass is 10.1. The van der Waals surface area contributed by atoms with Crippen LogP contribution in [-0.2, 0) is 23.7 Å². The second-order valence-corrected chi connectivity index (χ2v) is 9.50. The number of hydrogen-bond acceptors (Lipinski definition) is 4. The van der Waals surface area contributed by atoms with Crippen molar-refractivity contribution < 1.29 is 35.3 Å². The molecule has 2 aromatic heterocycles. The number of aromatic nitrogens is 2. The zero-order valence-electron chi connectivity index (χ0n) is 15.6. The molecule has 0 amide bonds. The summed E-state index contributed by atoms with van der Waals surface area (Å²) in [4.78, 5) is 6.50. The number of alkyl halides is 6. The number of nitrogens with zero attached hydrogens (tertiary/aromatic N) is 2. The minimum absolute atomic E-state index is 0.141. The molecule has 0 spiro atoms. The second-order valence-electron chi connectivity index (χ2n) is 7.09. The molecule has 0 saturated heterocycles. The van der Waals surface area contributed by atoms with E-state index < -0.39 is 62.4 Å². The Hall–Kier alpha value is -1.63. The SMILES string of the molecule is CC(C)(C)[S@@+]([O-])NC(c1cnc(C(F)(F)F)c(Cl)c1)c1ccc(F)c(C(F)(F)F)n1. The predicted molar refractivity (Wildman–Crippen MR) is 96.3 cm³/mol. The van der Waals surface area contributed by atoms with Gasteiger partial charge in [0, 0.05) is 17.6 Å². The van der Waals surface area contributed by atoms with Crippen molar-refractivity contribution in [3.63, 3.8) is 0 Å². The van der Waals surface area contributed by atoms with Gasteiger partial charge in [0.05, 0.1) is 10.7 Å². The Kier molecular flexibility index (Phi) is 6.97. The van der Waals surface area contributed by atoms with Crippen molar-refractivity contribution in [2.45, 2.75) is 43.9 Å². The van der Waals surface area contributed by atoms with Crippen LogP contribution >= 0.6 is 11.6 Å². The first-order valence-electron chi connectivity index (χ1n) is 8.16. The molecule has 0 aliphatic rings. The Balaban J connectivity index is 2.61. The maximum atomic E-state index is 13.6. The molecular weight excluding hydrogens is 463 g/mol. The first-order valence-corrected chi connectivity index (χ1v) is 9.69. The summed E-state index contributed by atoms with van der Waals surface area (Å²) < 4.78 is 106. The summed E-state index contributed by atoms with van der Waals surface area (Å²) in [6.07, 6.45) is -9.25. The van der Waals surface area contributed by atoms with E-state index in [0.29, 0.717) is 6.07 Å². The van der Waals surface area contributed by atoms with Gasteiger partial charge in [-0.05, 0) is 44.5 Å². The van der Waals surface area contributed by atoms with Gasteiger partial charge >= 0.3 is 12.4 Å². The number of pyridine rings is 2. The van der Waals surface area contributed by atoms with Crippen molar-refractivity contribution in [1.29, 1.82) is 0 Å². The number of rotatable bonds is 4. The van der Waals surface area contributed by atoms with Crippen molar-refractivity contribution >= 4 is 23.0 Å². The van der Waals surface area contributed by atoms with Gasteiger partial charge in [-0.15, -0.1) is 4.72 Å². The van der Waals surface area contributed by atoms with Crippen LogP contribution in [0, 0.1) is 5.82 Å². The van der Waals surface area contributed by atoms with Crippen molar-refractivity contribution in [2.24, 2.45) is 0 Å². The minimum atomic E-state index is -5.12. The van der Waals surface area contributed by atoms with E-state index in [-0.39, 0.29) is 5.56 Å². The van der Waals surface area contributed by atoms with Crippen molar-refractivity contribution in [1.82, 2.24) is 14.7 Å². The highest BCUT2D eigenvalue weighted by Crippen LogP contribution is 2.36. The van der Waals surface area contributed by atoms with Gasteiger partial charge in [-0.25, -0.2) is 14.4 Å². The first-order chi connectivity index (χ1) is 13.5. The predicted octanol–water partition coefficient (Wildman–Crippen LogP) is 5.45. The quantitative estimate of drug-likeness (QED) is 0.470. The smallest absolute Gasteiger partial charge is 0.436 e. The minimum Gasteiger partial charge on any atom is -0.598 e. The summed E-state index contributed by atoms with van der Waals surface area (Å²) in [5, 5.41) is -0.813. The van der Waals surface area contributed by atoms with Crippen LogP contribution < -0.4 is 4.72 Å². The van der Waals surface area contributed by atoms with E-state index in [1.165, 1.54) is 0 Å². The van der Waals surface area contributed by atoms with Crippen molar-refractivity contribution in [2.75, 3.05) is 0 Å². The van der Waals surface area contributed by atoms with Crippen LogP contribution in [0.25, 0.3) is 0 Å². The fourth-order valence-electron chi connectivity index (χ4n) is 2.22. The summed E-state index contributed by atoms with van der Waals surface area (Å²) >= 11 is 3.77. The summed E-state index contributed by atoms with van der Waals surface area (Å²) in [6.45, 7) is 4.68. The highest BCUT2D eigenvalue weighted by molar-refractivity contribution is 7.90. The molecule has 0 fully saturated rings. The Morgan fingerprint density at radius 1 is 1.03 bits per heavy atom. The lowest BCUT2D eigenvalue weighted by Gasteiger charge is -2.28. The van der Waals surface area contributed by atoms with Crippen LogP contribution in [0.5, 0.6) is 0 Å². The Labute approximate surface area is 175 Å². The molecule has 2 heterocycles. The normalized spacial score (nSPS) is 15.2. The van der Waals surface area contributed by atoms with Crippen LogP contribution in [0.2, 0.25) is 5.02 Å². The summed E-state index contributed by atoms with van der Waals surface area (Å²) in [6, 6.07) is 0.818. The zero-order valence-corrected chi connectivity index (χ0v) is 17.2. The van der Waals surface area contributed by atoms with Crippen molar-refractivity contribution in [3.8, 4) is 0 Å². The average Bonchev–Trinajstić information content (AvgIpc) is 2.57.